The molecule has 2 rings (SSSR count). The summed E-state index contributed by atoms with van der Waals surface area (Å²) in [6.45, 7) is 2.24. The first-order valence-electron chi connectivity index (χ1n) is 6.46. The molecule has 0 aromatic heterocycles. The van der Waals surface area contributed by atoms with Gasteiger partial charge in [-0.3, -0.25) is 14.9 Å². The van der Waals surface area contributed by atoms with Crippen LogP contribution in [0.3, 0.4) is 0 Å². The van der Waals surface area contributed by atoms with E-state index in [-0.39, 0.29) is 11.6 Å². The maximum atomic E-state index is 12.5. The van der Waals surface area contributed by atoms with Gasteiger partial charge in [-0.25, -0.2) is 0 Å². The lowest BCUT2D eigenvalue weighted by atomic mass is 10.1. The molecule has 1 aromatic rings. The van der Waals surface area contributed by atoms with Crippen LogP contribution in [0.2, 0.25) is 0 Å². The van der Waals surface area contributed by atoms with Crippen molar-refractivity contribution < 1.29 is 14.5 Å². The third-order valence-electron chi connectivity index (χ3n) is 3.22. The second-order valence-electron chi connectivity index (χ2n) is 4.50. The Morgan fingerprint density at radius 2 is 2.20 bits per heavy atom. The van der Waals surface area contributed by atoms with E-state index in [0.29, 0.717) is 37.6 Å². The molecule has 0 unspecified atom stereocenters. The van der Waals surface area contributed by atoms with Crippen LogP contribution in [0.4, 0.5) is 11.4 Å². The van der Waals surface area contributed by atoms with E-state index in [9.17, 15) is 14.9 Å². The first kappa shape index (κ1) is 14.3. The van der Waals surface area contributed by atoms with Crippen molar-refractivity contribution in [1.82, 2.24) is 4.90 Å². The monoisotopic (exact) mass is 279 g/mol. The molecule has 0 radical (unpaired) electrons. The van der Waals surface area contributed by atoms with Crippen molar-refractivity contribution >= 4 is 17.3 Å². The van der Waals surface area contributed by atoms with Crippen LogP contribution in [-0.2, 0) is 4.74 Å². The van der Waals surface area contributed by atoms with Crippen molar-refractivity contribution in [1.29, 1.82) is 0 Å². The summed E-state index contributed by atoms with van der Waals surface area (Å²) in [6.07, 6.45) is 0.773. The summed E-state index contributed by atoms with van der Waals surface area (Å²) in [6, 6.07) is 4.26. The number of nitro benzene ring substituents is 1. The number of benzene rings is 1. The highest BCUT2D eigenvalue weighted by Crippen LogP contribution is 2.23. The van der Waals surface area contributed by atoms with E-state index in [0.717, 1.165) is 6.42 Å². The summed E-state index contributed by atoms with van der Waals surface area (Å²) in [5, 5.41) is 13.7. The second kappa shape index (κ2) is 6.33. The summed E-state index contributed by atoms with van der Waals surface area (Å²) in [4.78, 5) is 24.5. The molecule has 1 amide bonds. The molecule has 0 saturated carbocycles. The fourth-order valence-electron chi connectivity index (χ4n) is 2.16. The third kappa shape index (κ3) is 3.05. The number of non-ortho nitro benzene ring substituents is 1. The Morgan fingerprint density at radius 1 is 1.40 bits per heavy atom. The molecule has 0 spiro atoms. The Morgan fingerprint density at radius 3 is 2.90 bits per heavy atom. The van der Waals surface area contributed by atoms with Gasteiger partial charge in [-0.1, -0.05) is 0 Å². The van der Waals surface area contributed by atoms with Gasteiger partial charge in [0.15, 0.2) is 0 Å². The van der Waals surface area contributed by atoms with Crippen molar-refractivity contribution in [3.63, 3.8) is 0 Å². The number of rotatable bonds is 3. The lowest BCUT2D eigenvalue weighted by Crippen LogP contribution is -2.33. The van der Waals surface area contributed by atoms with Gasteiger partial charge < -0.3 is 15.0 Å². The average molecular weight is 279 g/mol. The van der Waals surface area contributed by atoms with Crippen LogP contribution < -0.4 is 5.32 Å². The van der Waals surface area contributed by atoms with Crippen LogP contribution >= 0.6 is 0 Å². The number of hydrogen-bond acceptors (Lipinski definition) is 5. The first-order chi connectivity index (χ1) is 9.63. The van der Waals surface area contributed by atoms with Gasteiger partial charge in [-0.05, 0) is 12.5 Å². The highest BCUT2D eigenvalue weighted by atomic mass is 16.6. The van der Waals surface area contributed by atoms with Crippen LogP contribution in [0, 0.1) is 10.1 Å². The van der Waals surface area contributed by atoms with Gasteiger partial charge in [0.2, 0.25) is 0 Å². The minimum Gasteiger partial charge on any atom is -0.387 e. The van der Waals surface area contributed by atoms with Crippen LogP contribution in [0.5, 0.6) is 0 Å². The minimum atomic E-state index is -0.498. The summed E-state index contributed by atoms with van der Waals surface area (Å²) in [7, 11) is 1.68. The number of carbonyl (C=O) groups excluding carboxylic acids is 1. The Hall–Kier alpha value is -2.15. The topological polar surface area (TPSA) is 84.7 Å². The van der Waals surface area contributed by atoms with Gasteiger partial charge in [0.1, 0.15) is 0 Å². The molecular weight excluding hydrogens is 262 g/mol. The smallest absolute Gasteiger partial charge is 0.270 e. The van der Waals surface area contributed by atoms with Crippen LogP contribution in [0.25, 0.3) is 0 Å². The molecule has 20 heavy (non-hydrogen) atoms. The number of anilines is 1. The predicted octanol–water partition coefficient (Wildman–Crippen LogP) is 1.50. The van der Waals surface area contributed by atoms with Crippen molar-refractivity contribution in [2.75, 3.05) is 38.7 Å². The molecule has 1 aliphatic heterocycles. The highest BCUT2D eigenvalue weighted by molar-refractivity contribution is 6.00. The van der Waals surface area contributed by atoms with E-state index in [1.807, 2.05) is 0 Å². The molecule has 1 aliphatic rings. The SMILES string of the molecule is CNc1ccc([N+](=O)[O-])cc1C(=O)N1CCCOCC1. The van der Waals surface area contributed by atoms with Gasteiger partial charge in [-0.15, -0.1) is 0 Å². The lowest BCUT2D eigenvalue weighted by Gasteiger charge is -2.21. The molecule has 1 fully saturated rings. The Balaban J connectivity index is 2.31. The molecule has 0 aliphatic carbocycles. The van der Waals surface area contributed by atoms with E-state index < -0.39 is 4.92 Å². The fraction of sp³-hybridized carbons (Fsp3) is 0.462. The van der Waals surface area contributed by atoms with Gasteiger partial charge in [0, 0.05) is 44.6 Å². The Kier molecular flexibility index (Phi) is 4.52. The summed E-state index contributed by atoms with van der Waals surface area (Å²) in [5.74, 6) is -0.205. The number of nitro groups is 1. The zero-order valence-corrected chi connectivity index (χ0v) is 11.3. The quantitative estimate of drug-likeness (QED) is 0.669. The molecule has 7 heteroatoms. The number of nitrogens with one attached hydrogen (secondary N) is 1. The van der Waals surface area contributed by atoms with Gasteiger partial charge >= 0.3 is 0 Å². The van der Waals surface area contributed by atoms with Crippen molar-refractivity contribution in [3.05, 3.63) is 33.9 Å². The molecule has 0 bridgehead atoms. The zero-order valence-electron chi connectivity index (χ0n) is 11.3. The van der Waals surface area contributed by atoms with Crippen molar-refractivity contribution in [2.45, 2.75) is 6.42 Å². The molecule has 1 heterocycles. The first-order valence-corrected chi connectivity index (χ1v) is 6.46. The molecule has 1 aromatic carbocycles. The average Bonchev–Trinajstić information content (AvgIpc) is 2.74. The fourth-order valence-corrected chi connectivity index (χ4v) is 2.16. The van der Waals surface area contributed by atoms with Gasteiger partial charge in [0.05, 0.1) is 17.1 Å². The number of nitrogens with zero attached hydrogens (tertiary/aromatic N) is 2. The van der Waals surface area contributed by atoms with Gasteiger partial charge in [0.25, 0.3) is 11.6 Å². The van der Waals surface area contributed by atoms with Crippen LogP contribution in [-0.4, -0.2) is 49.1 Å². The third-order valence-corrected chi connectivity index (χ3v) is 3.22. The molecule has 1 saturated heterocycles. The molecule has 7 nitrogen and oxygen atoms in total. The number of ether oxygens (including phenoxy) is 1. The minimum absolute atomic E-state index is 0.0848. The second-order valence-corrected chi connectivity index (χ2v) is 4.50. The van der Waals surface area contributed by atoms with E-state index in [2.05, 4.69) is 5.32 Å². The number of amides is 1. The lowest BCUT2D eigenvalue weighted by molar-refractivity contribution is -0.384. The van der Waals surface area contributed by atoms with E-state index in [4.69, 9.17) is 4.74 Å². The molecule has 0 atom stereocenters. The van der Waals surface area contributed by atoms with E-state index in [1.54, 1.807) is 18.0 Å². The molecule has 108 valence electrons. The highest BCUT2D eigenvalue weighted by Gasteiger charge is 2.22. The maximum absolute atomic E-state index is 12.5. The Bertz CT molecular complexity index is 510. The maximum Gasteiger partial charge on any atom is 0.270 e. The summed E-state index contributed by atoms with van der Waals surface area (Å²) in [5.41, 5.74) is 0.827. The Labute approximate surface area is 116 Å². The van der Waals surface area contributed by atoms with Crippen molar-refractivity contribution in [3.8, 4) is 0 Å². The molecule has 1 N–H and O–H groups in total. The summed E-state index contributed by atoms with van der Waals surface area (Å²) < 4.78 is 5.31. The number of carbonyl (C=O) groups is 1. The standard InChI is InChI=1S/C13H17N3O4/c1-14-12-4-3-10(16(18)19)9-11(12)13(17)15-5-2-7-20-8-6-15/h3-4,9,14H,2,5-8H2,1H3. The van der Waals surface area contributed by atoms with E-state index in [1.165, 1.54) is 12.1 Å². The number of hydrogen-bond donors (Lipinski definition) is 1. The summed E-state index contributed by atoms with van der Waals surface area (Å²) >= 11 is 0. The largest absolute Gasteiger partial charge is 0.387 e. The zero-order chi connectivity index (χ0) is 14.5. The van der Waals surface area contributed by atoms with Crippen molar-refractivity contribution in [2.24, 2.45) is 0 Å². The normalized spacial score (nSPS) is 15.6. The van der Waals surface area contributed by atoms with Crippen LogP contribution in [0.15, 0.2) is 18.2 Å². The predicted molar refractivity (Wildman–Crippen MR) is 74.0 cm³/mol. The van der Waals surface area contributed by atoms with E-state index >= 15 is 0 Å². The van der Waals surface area contributed by atoms with Gasteiger partial charge in [-0.2, -0.15) is 0 Å². The van der Waals surface area contributed by atoms with Crippen LogP contribution in [0.1, 0.15) is 16.8 Å². The molecular formula is C13H17N3O4.